The molecule has 1 aromatic rings. The zero-order valence-electron chi connectivity index (χ0n) is 10.9. The van der Waals surface area contributed by atoms with E-state index in [1.165, 1.54) is 17.5 Å². The molecule has 2 N–H and O–H groups in total. The topological polar surface area (TPSA) is 53.5 Å². The van der Waals surface area contributed by atoms with Gasteiger partial charge in [-0.1, -0.05) is 6.58 Å². The first-order valence-electron chi connectivity index (χ1n) is 5.96. The molecule has 4 nitrogen and oxygen atoms in total. The fourth-order valence-corrected chi connectivity index (χ4v) is 2.08. The molecule has 0 saturated heterocycles. The van der Waals surface area contributed by atoms with Gasteiger partial charge in [-0.05, 0) is 54.1 Å². The number of aliphatic imine (C=N–C) groups is 1. The minimum absolute atomic E-state index is 0.217. The number of nitrogens with zero attached hydrogens (tertiary/aromatic N) is 1. The van der Waals surface area contributed by atoms with E-state index in [0.29, 0.717) is 0 Å². The molecule has 1 aliphatic heterocycles. The Morgan fingerprint density at radius 3 is 2.85 bits per heavy atom. The lowest BCUT2D eigenvalue weighted by molar-refractivity contribution is -0.119. The van der Waals surface area contributed by atoms with Crippen molar-refractivity contribution >= 4 is 29.8 Å². The van der Waals surface area contributed by atoms with Crippen LogP contribution in [0.2, 0.25) is 0 Å². The van der Waals surface area contributed by atoms with Crippen molar-refractivity contribution in [1.29, 1.82) is 0 Å². The highest BCUT2D eigenvalue weighted by atomic mass is 32.2. The van der Waals surface area contributed by atoms with E-state index in [9.17, 15) is 9.18 Å². The minimum Gasteiger partial charge on any atom is -0.367 e. The van der Waals surface area contributed by atoms with Crippen LogP contribution in [0.4, 0.5) is 4.39 Å². The van der Waals surface area contributed by atoms with Crippen LogP contribution in [0.15, 0.2) is 46.9 Å². The summed E-state index contributed by atoms with van der Waals surface area (Å²) in [4.78, 5) is 16.1. The molecule has 0 bridgehead atoms. The molecule has 104 valence electrons. The third-order valence-electron chi connectivity index (χ3n) is 2.74. The number of allylic oxidation sites excluding steroid dienone is 1. The highest BCUT2D eigenvalue weighted by Gasteiger charge is 2.22. The average molecular weight is 291 g/mol. The van der Waals surface area contributed by atoms with Crippen LogP contribution in [-0.4, -0.2) is 18.2 Å². The summed E-state index contributed by atoms with van der Waals surface area (Å²) < 4.78 is 15.6. The molecule has 0 fully saturated rings. The normalized spacial score (nSPS) is 17.6. The monoisotopic (exact) mass is 291 g/mol. The molecule has 0 spiro atoms. The Hall–Kier alpha value is -2.08. The van der Waals surface area contributed by atoms with Gasteiger partial charge >= 0.3 is 0 Å². The van der Waals surface area contributed by atoms with Gasteiger partial charge in [0.05, 0.1) is 11.4 Å². The van der Waals surface area contributed by atoms with E-state index in [0.717, 1.165) is 28.9 Å². The molecule has 0 aromatic heterocycles. The second kappa shape index (κ2) is 6.38. The number of carbonyl (C=O) groups excluding carboxylic acids is 1. The second-order valence-electron chi connectivity index (χ2n) is 4.12. The van der Waals surface area contributed by atoms with E-state index >= 15 is 0 Å². The molecular weight excluding hydrogens is 277 g/mol. The number of hydrogen-bond acceptors (Lipinski definition) is 4. The van der Waals surface area contributed by atoms with Gasteiger partial charge < -0.3 is 5.32 Å². The molecule has 1 heterocycles. The number of halogens is 1. The summed E-state index contributed by atoms with van der Waals surface area (Å²) in [5.41, 5.74) is 2.25. The Labute approximate surface area is 121 Å². The lowest BCUT2D eigenvalue weighted by Crippen LogP contribution is -2.44. The van der Waals surface area contributed by atoms with Crippen molar-refractivity contribution in [1.82, 2.24) is 10.0 Å². The van der Waals surface area contributed by atoms with Gasteiger partial charge in [0.2, 0.25) is 0 Å². The maximum atomic E-state index is 13.0. The van der Waals surface area contributed by atoms with Crippen LogP contribution in [0.3, 0.4) is 0 Å². The first-order valence-corrected chi connectivity index (χ1v) is 6.83. The molecular formula is C14H14FN3OS. The third kappa shape index (κ3) is 3.27. The maximum absolute atomic E-state index is 13.0. The number of amides is 1. The van der Waals surface area contributed by atoms with Gasteiger partial charge in [0.15, 0.2) is 0 Å². The zero-order chi connectivity index (χ0) is 14.5. The molecule has 1 amide bonds. The van der Waals surface area contributed by atoms with Gasteiger partial charge in [-0.25, -0.2) is 4.39 Å². The van der Waals surface area contributed by atoms with E-state index in [1.54, 1.807) is 18.3 Å². The fourth-order valence-electron chi connectivity index (χ4n) is 1.75. The summed E-state index contributed by atoms with van der Waals surface area (Å²) in [6.45, 7) is 5.34. The van der Waals surface area contributed by atoms with Crippen LogP contribution in [0, 0.1) is 5.82 Å². The molecule has 1 aromatic carbocycles. The van der Waals surface area contributed by atoms with E-state index in [4.69, 9.17) is 0 Å². The SMILES string of the molecule is C=CSNC(=O)C1C=NC(C)=C(c2ccc(F)cc2)N1. The number of carbonyl (C=O) groups is 1. The predicted octanol–water partition coefficient (Wildman–Crippen LogP) is 2.46. The maximum Gasteiger partial charge on any atom is 0.258 e. The molecule has 1 aliphatic rings. The Kier molecular flexibility index (Phi) is 4.57. The largest absolute Gasteiger partial charge is 0.367 e. The van der Waals surface area contributed by atoms with Crippen LogP contribution in [-0.2, 0) is 4.79 Å². The number of rotatable bonds is 4. The van der Waals surface area contributed by atoms with Gasteiger partial charge in [0.1, 0.15) is 11.9 Å². The third-order valence-corrected chi connectivity index (χ3v) is 3.22. The van der Waals surface area contributed by atoms with Crippen molar-refractivity contribution in [3.8, 4) is 0 Å². The van der Waals surface area contributed by atoms with Crippen LogP contribution in [0.1, 0.15) is 12.5 Å². The van der Waals surface area contributed by atoms with Crippen molar-refractivity contribution in [3.63, 3.8) is 0 Å². The minimum atomic E-state index is -0.564. The molecule has 0 aliphatic carbocycles. The van der Waals surface area contributed by atoms with Gasteiger partial charge in [0, 0.05) is 6.21 Å². The van der Waals surface area contributed by atoms with Crippen molar-refractivity contribution in [2.45, 2.75) is 13.0 Å². The van der Waals surface area contributed by atoms with Crippen molar-refractivity contribution in [2.24, 2.45) is 4.99 Å². The van der Waals surface area contributed by atoms with Gasteiger partial charge in [-0.2, -0.15) is 0 Å². The molecule has 1 atom stereocenters. The highest BCUT2D eigenvalue weighted by molar-refractivity contribution is 8.00. The van der Waals surface area contributed by atoms with E-state index in [-0.39, 0.29) is 11.7 Å². The lowest BCUT2D eigenvalue weighted by atomic mass is 10.1. The lowest BCUT2D eigenvalue weighted by Gasteiger charge is -2.22. The summed E-state index contributed by atoms with van der Waals surface area (Å²) in [5, 5.41) is 4.62. The second-order valence-corrected chi connectivity index (χ2v) is 4.89. The molecule has 20 heavy (non-hydrogen) atoms. The summed E-state index contributed by atoms with van der Waals surface area (Å²) in [6, 6.07) is 5.48. The summed E-state index contributed by atoms with van der Waals surface area (Å²) >= 11 is 1.11. The first kappa shape index (κ1) is 14.3. The Morgan fingerprint density at radius 2 is 2.20 bits per heavy atom. The highest BCUT2D eigenvalue weighted by Crippen LogP contribution is 2.20. The molecule has 1 unspecified atom stereocenters. The first-order chi connectivity index (χ1) is 9.61. The quantitative estimate of drug-likeness (QED) is 0.838. The Balaban J connectivity index is 2.17. The molecule has 6 heteroatoms. The predicted molar refractivity (Wildman–Crippen MR) is 80.3 cm³/mol. The number of benzene rings is 1. The fraction of sp³-hybridized carbons (Fsp3) is 0.143. The molecule has 0 radical (unpaired) electrons. The van der Waals surface area contributed by atoms with Crippen molar-refractivity contribution in [3.05, 3.63) is 53.3 Å². The Morgan fingerprint density at radius 1 is 1.50 bits per heavy atom. The summed E-state index contributed by atoms with van der Waals surface area (Å²) in [7, 11) is 0. The van der Waals surface area contributed by atoms with Crippen LogP contribution in [0.25, 0.3) is 5.70 Å². The van der Waals surface area contributed by atoms with Crippen LogP contribution < -0.4 is 10.0 Å². The van der Waals surface area contributed by atoms with Gasteiger partial charge in [0.25, 0.3) is 5.91 Å². The molecule has 2 rings (SSSR count). The van der Waals surface area contributed by atoms with E-state index in [2.05, 4.69) is 21.6 Å². The van der Waals surface area contributed by atoms with E-state index < -0.39 is 6.04 Å². The average Bonchev–Trinajstić information content (AvgIpc) is 2.46. The van der Waals surface area contributed by atoms with Gasteiger partial charge in [-0.3, -0.25) is 14.5 Å². The van der Waals surface area contributed by atoms with Gasteiger partial charge in [-0.15, -0.1) is 0 Å². The number of nitrogens with one attached hydrogen (secondary N) is 2. The van der Waals surface area contributed by atoms with Crippen molar-refractivity contribution < 1.29 is 9.18 Å². The van der Waals surface area contributed by atoms with Crippen LogP contribution >= 0.6 is 11.9 Å². The smallest absolute Gasteiger partial charge is 0.258 e. The number of hydrogen-bond donors (Lipinski definition) is 2. The summed E-state index contributed by atoms with van der Waals surface area (Å²) in [5.74, 6) is -0.520. The zero-order valence-corrected chi connectivity index (χ0v) is 11.7. The van der Waals surface area contributed by atoms with Crippen LogP contribution in [0.5, 0.6) is 0 Å². The molecule has 0 saturated carbocycles. The van der Waals surface area contributed by atoms with E-state index in [1.807, 2.05) is 6.92 Å². The standard InChI is InChI=1S/C14H14FN3OS/c1-3-20-18-14(19)12-8-16-9(2)13(17-12)10-4-6-11(15)7-5-10/h3-8,12,17H,1H2,2H3,(H,18,19). The Bertz CT molecular complexity index is 581. The summed E-state index contributed by atoms with van der Waals surface area (Å²) in [6.07, 6.45) is 1.54. The van der Waals surface area contributed by atoms with Crippen molar-refractivity contribution in [2.75, 3.05) is 0 Å².